The minimum atomic E-state index is -0.356. The van der Waals surface area contributed by atoms with Gasteiger partial charge in [-0.2, -0.15) is 0 Å². The van der Waals surface area contributed by atoms with Crippen molar-refractivity contribution in [3.05, 3.63) is 46.3 Å². The summed E-state index contributed by atoms with van der Waals surface area (Å²) in [7, 11) is 0. The molecule has 1 aromatic carbocycles. The second kappa shape index (κ2) is 6.41. The number of nitrogens with zero attached hydrogens (tertiary/aromatic N) is 1. The first kappa shape index (κ1) is 15.5. The molecule has 2 aromatic rings. The zero-order valence-corrected chi connectivity index (χ0v) is 13.9. The highest BCUT2D eigenvalue weighted by Gasteiger charge is 2.30. The van der Waals surface area contributed by atoms with E-state index in [1.807, 2.05) is 41.3 Å². The number of hydrogen-bond acceptors (Lipinski definition) is 3. The van der Waals surface area contributed by atoms with Gasteiger partial charge in [0.2, 0.25) is 0 Å². The van der Waals surface area contributed by atoms with Crippen molar-refractivity contribution in [1.82, 2.24) is 4.90 Å². The van der Waals surface area contributed by atoms with Crippen LogP contribution in [-0.2, 0) is 0 Å². The highest BCUT2D eigenvalue weighted by Crippen LogP contribution is 2.31. The SMILES string of the molecule is CC(O)C1CCN(C(=O)c2ccc(-c3ccc(Cl)cc3)s2)C1. The van der Waals surface area contributed by atoms with Gasteiger partial charge in [0.25, 0.3) is 5.91 Å². The number of thiophene rings is 1. The lowest BCUT2D eigenvalue weighted by molar-refractivity contribution is 0.0767. The van der Waals surface area contributed by atoms with Crippen LogP contribution in [0.2, 0.25) is 5.02 Å². The molecule has 1 saturated heterocycles. The summed E-state index contributed by atoms with van der Waals surface area (Å²) in [5.74, 6) is 0.257. The molecule has 0 bridgehead atoms. The van der Waals surface area contributed by atoms with Crippen LogP contribution in [0.1, 0.15) is 23.0 Å². The van der Waals surface area contributed by atoms with Gasteiger partial charge in [-0.1, -0.05) is 23.7 Å². The molecule has 1 fully saturated rings. The Kier molecular flexibility index (Phi) is 4.52. The molecule has 1 N–H and O–H groups in total. The first-order valence-electron chi connectivity index (χ1n) is 7.37. The Morgan fingerprint density at radius 3 is 2.68 bits per heavy atom. The molecule has 2 atom stereocenters. The van der Waals surface area contributed by atoms with E-state index in [9.17, 15) is 9.90 Å². The van der Waals surface area contributed by atoms with Crippen molar-refractivity contribution < 1.29 is 9.90 Å². The van der Waals surface area contributed by atoms with E-state index in [0.29, 0.717) is 11.6 Å². The third kappa shape index (κ3) is 3.19. The minimum absolute atomic E-state index is 0.0633. The van der Waals surface area contributed by atoms with Gasteiger partial charge < -0.3 is 10.0 Å². The third-order valence-electron chi connectivity index (χ3n) is 4.14. The third-order valence-corrected chi connectivity index (χ3v) is 5.51. The van der Waals surface area contributed by atoms with Gasteiger partial charge in [0.15, 0.2) is 0 Å². The minimum Gasteiger partial charge on any atom is -0.393 e. The molecule has 0 aliphatic carbocycles. The molecule has 0 spiro atoms. The van der Waals surface area contributed by atoms with Gasteiger partial charge in [-0.25, -0.2) is 0 Å². The van der Waals surface area contributed by atoms with Crippen molar-refractivity contribution in [1.29, 1.82) is 0 Å². The zero-order chi connectivity index (χ0) is 15.7. The predicted octanol–water partition coefficient (Wildman–Crippen LogP) is 3.91. The second-order valence-electron chi connectivity index (χ2n) is 5.71. The summed E-state index contributed by atoms with van der Waals surface area (Å²) in [6.45, 7) is 3.16. The number of halogens is 1. The van der Waals surface area contributed by atoms with E-state index in [4.69, 9.17) is 11.6 Å². The van der Waals surface area contributed by atoms with Gasteiger partial charge in [0.1, 0.15) is 0 Å². The van der Waals surface area contributed by atoms with Crippen molar-refractivity contribution in [2.45, 2.75) is 19.4 Å². The first-order chi connectivity index (χ1) is 10.5. The number of aliphatic hydroxyl groups is 1. The second-order valence-corrected chi connectivity index (χ2v) is 7.23. The van der Waals surface area contributed by atoms with Crippen molar-refractivity contribution in [2.75, 3.05) is 13.1 Å². The number of aliphatic hydroxyl groups excluding tert-OH is 1. The molecule has 1 aromatic heterocycles. The Hall–Kier alpha value is -1.36. The Labute approximate surface area is 139 Å². The largest absolute Gasteiger partial charge is 0.393 e. The Bertz CT molecular complexity index is 666. The predicted molar refractivity (Wildman–Crippen MR) is 90.5 cm³/mol. The van der Waals surface area contributed by atoms with Gasteiger partial charge >= 0.3 is 0 Å². The van der Waals surface area contributed by atoms with E-state index < -0.39 is 0 Å². The molecule has 0 radical (unpaired) electrons. The van der Waals surface area contributed by atoms with Crippen molar-refractivity contribution in [2.24, 2.45) is 5.92 Å². The van der Waals surface area contributed by atoms with Crippen LogP contribution < -0.4 is 0 Å². The summed E-state index contributed by atoms with van der Waals surface area (Å²) >= 11 is 7.40. The van der Waals surface area contributed by atoms with Gasteiger partial charge in [0.05, 0.1) is 11.0 Å². The average Bonchev–Trinajstić information content (AvgIpc) is 3.17. The van der Waals surface area contributed by atoms with Crippen molar-refractivity contribution in [3.8, 4) is 10.4 Å². The Balaban J connectivity index is 1.74. The quantitative estimate of drug-likeness (QED) is 0.923. The molecule has 1 aliphatic rings. The molecule has 2 heterocycles. The molecule has 5 heteroatoms. The molecular weight excluding hydrogens is 318 g/mol. The van der Waals surface area contributed by atoms with Gasteiger partial charge in [-0.3, -0.25) is 4.79 Å². The maximum atomic E-state index is 12.5. The zero-order valence-electron chi connectivity index (χ0n) is 12.3. The first-order valence-corrected chi connectivity index (χ1v) is 8.57. The Morgan fingerprint density at radius 2 is 2.05 bits per heavy atom. The number of likely N-dealkylation sites (tertiary alicyclic amines) is 1. The summed E-state index contributed by atoms with van der Waals surface area (Å²) < 4.78 is 0. The number of amides is 1. The topological polar surface area (TPSA) is 40.5 Å². The summed E-state index contributed by atoms with van der Waals surface area (Å²) in [6, 6.07) is 11.5. The maximum absolute atomic E-state index is 12.5. The Morgan fingerprint density at radius 1 is 1.32 bits per heavy atom. The highest BCUT2D eigenvalue weighted by molar-refractivity contribution is 7.17. The van der Waals surface area contributed by atoms with E-state index >= 15 is 0 Å². The molecule has 116 valence electrons. The summed E-state index contributed by atoms with van der Waals surface area (Å²) in [5.41, 5.74) is 1.07. The smallest absolute Gasteiger partial charge is 0.263 e. The van der Waals surface area contributed by atoms with Crippen LogP contribution in [0.15, 0.2) is 36.4 Å². The van der Waals surface area contributed by atoms with Gasteiger partial charge in [-0.05, 0) is 43.2 Å². The van der Waals surface area contributed by atoms with Crippen LogP contribution in [0, 0.1) is 5.92 Å². The average molecular weight is 336 g/mol. The summed E-state index contributed by atoms with van der Waals surface area (Å²) in [4.78, 5) is 16.2. The van der Waals surface area contributed by atoms with Crippen LogP contribution >= 0.6 is 22.9 Å². The molecular formula is C17H18ClNO2S. The number of carbonyl (C=O) groups is 1. The summed E-state index contributed by atoms with van der Waals surface area (Å²) in [6.07, 6.45) is 0.518. The summed E-state index contributed by atoms with van der Waals surface area (Å²) in [5, 5.41) is 10.4. The van der Waals surface area contributed by atoms with Crippen molar-refractivity contribution in [3.63, 3.8) is 0 Å². The number of benzene rings is 1. The molecule has 22 heavy (non-hydrogen) atoms. The molecule has 1 amide bonds. The van der Waals surface area contributed by atoms with E-state index in [1.165, 1.54) is 11.3 Å². The van der Waals surface area contributed by atoms with Crippen LogP contribution in [0.3, 0.4) is 0 Å². The standard InChI is InChI=1S/C17H18ClNO2S/c1-11(20)13-8-9-19(10-13)17(21)16-7-6-15(22-16)12-2-4-14(18)5-3-12/h2-7,11,13,20H,8-10H2,1H3. The van der Waals surface area contributed by atoms with Crippen LogP contribution in [0.25, 0.3) is 10.4 Å². The van der Waals surface area contributed by atoms with Crippen LogP contribution in [0.5, 0.6) is 0 Å². The van der Waals surface area contributed by atoms with Crippen LogP contribution in [0.4, 0.5) is 0 Å². The fourth-order valence-corrected chi connectivity index (χ4v) is 3.85. The highest BCUT2D eigenvalue weighted by atomic mass is 35.5. The maximum Gasteiger partial charge on any atom is 0.263 e. The molecule has 2 unspecified atom stereocenters. The fraction of sp³-hybridized carbons (Fsp3) is 0.353. The van der Waals surface area contributed by atoms with Gasteiger partial charge in [0, 0.05) is 28.9 Å². The number of carbonyl (C=O) groups excluding carboxylic acids is 1. The number of rotatable bonds is 3. The van der Waals surface area contributed by atoms with E-state index in [0.717, 1.165) is 28.3 Å². The lowest BCUT2D eigenvalue weighted by Crippen LogP contribution is -2.29. The normalized spacial score (nSPS) is 19.4. The van der Waals surface area contributed by atoms with Crippen molar-refractivity contribution >= 4 is 28.8 Å². The van der Waals surface area contributed by atoms with Crippen LogP contribution in [-0.4, -0.2) is 35.1 Å². The van der Waals surface area contributed by atoms with E-state index in [-0.39, 0.29) is 17.9 Å². The lowest BCUT2D eigenvalue weighted by atomic mass is 10.0. The molecule has 3 nitrogen and oxygen atoms in total. The monoisotopic (exact) mass is 335 g/mol. The number of hydrogen-bond donors (Lipinski definition) is 1. The van der Waals surface area contributed by atoms with Gasteiger partial charge in [-0.15, -0.1) is 11.3 Å². The fourth-order valence-electron chi connectivity index (χ4n) is 2.74. The molecule has 1 aliphatic heterocycles. The van der Waals surface area contributed by atoms with E-state index in [1.54, 1.807) is 6.92 Å². The lowest BCUT2D eigenvalue weighted by Gasteiger charge is -2.16. The van der Waals surface area contributed by atoms with E-state index in [2.05, 4.69) is 0 Å². The molecule has 3 rings (SSSR count). The molecule has 0 saturated carbocycles.